The third-order valence-electron chi connectivity index (χ3n) is 3.15. The van der Waals surface area contributed by atoms with E-state index in [4.69, 9.17) is 18.6 Å². The molecule has 0 unspecified atom stereocenters. The normalized spacial score (nSPS) is 13.5. The molecule has 132 valence electrons. The van der Waals surface area contributed by atoms with Crippen LogP contribution < -0.4 is 34.1 Å². The van der Waals surface area contributed by atoms with Crippen LogP contribution in [0.4, 0.5) is 5.82 Å². The maximum Gasteiger partial charge on any atom is 0.303 e. The van der Waals surface area contributed by atoms with E-state index in [1.165, 1.54) is 0 Å². The monoisotopic (exact) mass is 365 g/mol. The van der Waals surface area contributed by atoms with Gasteiger partial charge in [0.1, 0.15) is 17.6 Å². The molecular weight excluding hydrogens is 350 g/mol. The molecule has 0 saturated heterocycles. The summed E-state index contributed by atoms with van der Waals surface area (Å²) < 4.78 is 35.9. The summed E-state index contributed by atoms with van der Waals surface area (Å²) in [5.41, 5.74) is 6.40. The van der Waals surface area contributed by atoms with Gasteiger partial charge in [-0.2, -0.15) is 0 Å². The molecular formula is C16H16ClN3O5. The number of anilines is 1. The van der Waals surface area contributed by atoms with E-state index >= 15 is 0 Å². The first-order valence-corrected chi connectivity index (χ1v) is 8.30. The second-order valence-corrected chi connectivity index (χ2v) is 5.79. The summed E-state index contributed by atoms with van der Waals surface area (Å²) in [6.45, 7) is 2.02. The quantitative estimate of drug-likeness (QED) is 0.515. The minimum absolute atomic E-state index is 0.278. The Morgan fingerprint density at radius 1 is 1.00 bits per heavy atom. The predicted octanol–water partition coefficient (Wildman–Crippen LogP) is -2.16. The Bertz CT molecular complexity index is 779. The molecule has 1 aliphatic rings. The molecule has 0 radical (unpaired) electrons. The van der Waals surface area contributed by atoms with Gasteiger partial charge in [-0.1, -0.05) is 24.3 Å². The topological polar surface area (TPSA) is 140 Å². The van der Waals surface area contributed by atoms with Crippen LogP contribution in [0.2, 0.25) is 0 Å². The number of nitrogens with zero attached hydrogens (tertiary/aromatic N) is 1. The van der Waals surface area contributed by atoms with Gasteiger partial charge in [0, 0.05) is 6.07 Å². The van der Waals surface area contributed by atoms with Crippen LogP contribution in [0, 0.1) is 10.2 Å². The van der Waals surface area contributed by atoms with E-state index in [-0.39, 0.29) is 5.75 Å². The van der Waals surface area contributed by atoms with E-state index in [1.54, 1.807) is 12.1 Å². The van der Waals surface area contributed by atoms with Crippen LogP contribution in [0.5, 0.6) is 5.75 Å². The van der Waals surface area contributed by atoms with Crippen molar-refractivity contribution in [2.24, 2.45) is 0 Å². The predicted molar refractivity (Wildman–Crippen MR) is 79.5 cm³/mol. The first-order valence-electron chi connectivity index (χ1n) is 7.07. The molecule has 2 aromatic rings. The minimum Gasteiger partial charge on any atom is -0.508 e. The smallest absolute Gasteiger partial charge is 0.303 e. The number of phenols is 1. The van der Waals surface area contributed by atoms with Crippen molar-refractivity contribution >= 4 is 11.9 Å². The maximum atomic E-state index is 9.27. The summed E-state index contributed by atoms with van der Waals surface area (Å²) in [6, 6.07) is 13.1. The standard InChI is InChI=1S/C16H15N3O.ClHO4/c1-12-15(10-7-13-5-8-14(20)9-6-13)17-16-4-2-3-11-19(16)18-12;2-1(3,4)5/h2-11,18,20H,1H3;(H,2,3,4,5). The van der Waals surface area contributed by atoms with Crippen molar-refractivity contribution in [1.29, 1.82) is 0 Å². The number of halogens is 1. The van der Waals surface area contributed by atoms with Gasteiger partial charge in [0.15, 0.2) is 0 Å². The van der Waals surface area contributed by atoms with Crippen LogP contribution in [0.25, 0.3) is 6.08 Å². The summed E-state index contributed by atoms with van der Waals surface area (Å²) in [7, 11) is -4.94. The first kappa shape index (κ1) is 18.7. The summed E-state index contributed by atoms with van der Waals surface area (Å²) in [5.74, 6) is 1.27. The summed E-state index contributed by atoms with van der Waals surface area (Å²) in [6.07, 6.45) is 5.99. The van der Waals surface area contributed by atoms with Crippen LogP contribution in [-0.4, -0.2) is 5.11 Å². The van der Waals surface area contributed by atoms with Crippen LogP contribution in [-0.2, 0) is 0 Å². The Morgan fingerprint density at radius 3 is 2.28 bits per heavy atom. The Kier molecular flexibility index (Phi) is 5.97. The first-order chi connectivity index (χ1) is 11.7. The lowest BCUT2D eigenvalue weighted by Crippen LogP contribution is -2.68. The summed E-state index contributed by atoms with van der Waals surface area (Å²) in [5, 5.41) is 12.6. The largest absolute Gasteiger partial charge is 0.508 e. The van der Waals surface area contributed by atoms with E-state index in [0.29, 0.717) is 0 Å². The van der Waals surface area contributed by atoms with Crippen molar-refractivity contribution in [3.8, 4) is 5.75 Å². The number of fused-ring (bicyclic) bond motifs is 1. The van der Waals surface area contributed by atoms with Gasteiger partial charge >= 0.3 is 5.82 Å². The van der Waals surface area contributed by atoms with Crippen LogP contribution in [0.3, 0.4) is 0 Å². The van der Waals surface area contributed by atoms with E-state index < -0.39 is 10.2 Å². The van der Waals surface area contributed by atoms with E-state index in [2.05, 4.69) is 10.7 Å². The molecule has 0 spiro atoms. The molecule has 0 bridgehead atoms. The van der Waals surface area contributed by atoms with Gasteiger partial charge in [-0.05, 0) is 36.8 Å². The van der Waals surface area contributed by atoms with E-state index in [1.807, 2.05) is 60.3 Å². The third-order valence-corrected chi connectivity index (χ3v) is 3.15. The third kappa shape index (κ3) is 6.42. The fraction of sp³-hybridized carbons (Fsp3) is 0.0625. The Morgan fingerprint density at radius 2 is 1.64 bits per heavy atom. The zero-order valence-corrected chi connectivity index (χ0v) is 13.9. The van der Waals surface area contributed by atoms with Gasteiger partial charge in [0.05, 0.1) is 5.70 Å². The van der Waals surface area contributed by atoms with Crippen molar-refractivity contribution in [3.05, 3.63) is 71.7 Å². The molecule has 0 aliphatic carbocycles. The van der Waals surface area contributed by atoms with Gasteiger partial charge in [-0.3, -0.25) is 0 Å². The van der Waals surface area contributed by atoms with Gasteiger partial charge in [-0.25, -0.2) is 29.4 Å². The average molecular weight is 366 g/mol. The fourth-order valence-electron chi connectivity index (χ4n) is 2.05. The number of hydrogen-bond acceptors (Lipinski definition) is 7. The van der Waals surface area contributed by atoms with Crippen LogP contribution in [0.15, 0.2) is 66.1 Å². The van der Waals surface area contributed by atoms with E-state index in [9.17, 15) is 5.11 Å². The molecule has 9 heteroatoms. The van der Waals surface area contributed by atoms with Crippen molar-refractivity contribution < 1.29 is 38.7 Å². The number of allylic oxidation sites excluding steroid dienone is 2. The molecule has 3 rings (SSSR count). The lowest BCUT2D eigenvalue weighted by molar-refractivity contribution is -2.00. The van der Waals surface area contributed by atoms with E-state index in [0.717, 1.165) is 22.8 Å². The van der Waals surface area contributed by atoms with Crippen molar-refractivity contribution in [3.63, 3.8) is 0 Å². The van der Waals surface area contributed by atoms with Gasteiger partial charge in [-0.15, -0.1) is 14.9 Å². The number of aromatic hydroxyl groups is 1. The van der Waals surface area contributed by atoms with Crippen molar-refractivity contribution in [2.45, 2.75) is 6.92 Å². The zero-order valence-electron chi connectivity index (χ0n) is 13.2. The highest BCUT2D eigenvalue weighted by Crippen LogP contribution is 2.16. The minimum atomic E-state index is -4.94. The number of hydrogen-bond donors (Lipinski definition) is 3. The number of rotatable bonds is 2. The molecule has 1 aliphatic heterocycles. The molecule has 0 atom stereocenters. The molecule has 0 saturated carbocycles. The number of aromatic nitrogens is 1. The summed E-state index contributed by atoms with van der Waals surface area (Å²) in [4.78, 5) is 0. The second-order valence-electron chi connectivity index (χ2n) is 5.03. The number of phenolic OH excluding ortho intramolecular Hbond substituents is 1. The molecule has 0 fully saturated rings. The molecule has 2 heterocycles. The van der Waals surface area contributed by atoms with Crippen molar-refractivity contribution in [1.82, 2.24) is 0 Å². The molecule has 0 amide bonds. The van der Waals surface area contributed by atoms with Gasteiger partial charge < -0.3 is 5.11 Å². The van der Waals surface area contributed by atoms with Gasteiger partial charge in [0.2, 0.25) is 0 Å². The van der Waals surface area contributed by atoms with Crippen molar-refractivity contribution in [2.75, 3.05) is 10.7 Å². The van der Waals surface area contributed by atoms with Gasteiger partial charge in [0.25, 0.3) is 0 Å². The second kappa shape index (κ2) is 7.97. The Balaban J connectivity index is 0.000000399. The Labute approximate surface area is 146 Å². The SMILES string of the molecule is CC1=C(C=Cc2ccc(O)cc2)Nc2cccc[n+]2N1.[O-][Cl+3]([O-])([O-])[O-]. The number of benzene rings is 1. The zero-order chi connectivity index (χ0) is 18.4. The molecule has 1 aromatic heterocycles. The van der Waals surface area contributed by atoms with Crippen LogP contribution >= 0.6 is 0 Å². The Hall–Kier alpha value is -2.62. The highest BCUT2D eigenvalue weighted by molar-refractivity contribution is 5.58. The molecule has 25 heavy (non-hydrogen) atoms. The summed E-state index contributed by atoms with van der Waals surface area (Å²) >= 11 is 0. The molecule has 8 nitrogen and oxygen atoms in total. The lowest BCUT2D eigenvalue weighted by atomic mass is 10.2. The lowest BCUT2D eigenvalue weighted by Gasteiger charge is -2.17. The average Bonchev–Trinajstić information content (AvgIpc) is 2.53. The number of nitrogens with one attached hydrogen (secondary N) is 2. The van der Waals surface area contributed by atoms with Crippen LogP contribution in [0.1, 0.15) is 12.5 Å². The highest BCUT2D eigenvalue weighted by Gasteiger charge is 2.18. The molecule has 1 aromatic carbocycles. The fourth-order valence-corrected chi connectivity index (χ4v) is 2.05. The number of pyridine rings is 1. The highest BCUT2D eigenvalue weighted by atomic mass is 35.7. The maximum absolute atomic E-state index is 9.27. The molecule has 3 N–H and O–H groups in total.